The van der Waals surface area contributed by atoms with Crippen molar-refractivity contribution in [3.05, 3.63) is 41.6 Å². The van der Waals surface area contributed by atoms with Gasteiger partial charge in [-0.3, -0.25) is 0 Å². The fraction of sp³-hybridized carbons (Fsp3) is 0.389. The lowest BCUT2D eigenvalue weighted by atomic mass is 10.2. The van der Waals surface area contributed by atoms with Gasteiger partial charge in [0, 0.05) is 18.4 Å². The number of rotatable bonds is 6. The van der Waals surface area contributed by atoms with E-state index >= 15 is 0 Å². The highest BCUT2D eigenvalue weighted by Crippen LogP contribution is 2.36. The van der Waals surface area contributed by atoms with Crippen LogP contribution in [0.4, 0.5) is 24.8 Å². The lowest BCUT2D eigenvalue weighted by Crippen LogP contribution is -2.21. The van der Waals surface area contributed by atoms with E-state index in [0.717, 1.165) is 6.20 Å². The van der Waals surface area contributed by atoms with Gasteiger partial charge in [-0.1, -0.05) is 13.8 Å². The van der Waals surface area contributed by atoms with Gasteiger partial charge in [-0.05, 0) is 37.1 Å². The fourth-order valence-electron chi connectivity index (χ4n) is 2.19. The predicted molar refractivity (Wildman–Crippen MR) is 91.2 cm³/mol. The number of nitriles is 1. The van der Waals surface area contributed by atoms with Crippen LogP contribution >= 0.6 is 0 Å². The zero-order chi connectivity index (χ0) is 19.3. The Bertz CT molecular complexity index is 783. The summed E-state index contributed by atoms with van der Waals surface area (Å²) in [6.07, 6.45) is -3.86. The third kappa shape index (κ3) is 4.63. The Morgan fingerprint density at radius 2 is 1.88 bits per heavy atom. The summed E-state index contributed by atoms with van der Waals surface area (Å²) in [5.41, 5.74) is 0.151. The molecule has 8 heteroatoms. The van der Waals surface area contributed by atoms with E-state index in [-0.39, 0.29) is 18.5 Å². The minimum Gasteiger partial charge on any atom is -0.477 e. The molecule has 0 atom stereocenters. The molecule has 0 radical (unpaired) electrons. The van der Waals surface area contributed by atoms with Crippen molar-refractivity contribution >= 4 is 11.6 Å². The summed E-state index contributed by atoms with van der Waals surface area (Å²) in [5, 5.41) is 8.88. The third-order valence-corrected chi connectivity index (χ3v) is 3.47. The molecule has 0 unspecified atom stereocenters. The van der Waals surface area contributed by atoms with Gasteiger partial charge in [-0.2, -0.15) is 23.4 Å². The van der Waals surface area contributed by atoms with Crippen molar-refractivity contribution in [2.24, 2.45) is 5.92 Å². The molecule has 0 N–H and O–H groups in total. The molecule has 5 nitrogen and oxygen atoms in total. The van der Waals surface area contributed by atoms with E-state index in [1.165, 1.54) is 0 Å². The van der Waals surface area contributed by atoms with Crippen LogP contribution in [0.1, 0.15) is 31.9 Å². The SMILES string of the molecule is CCN(c1ccc(C#N)cc1)c1ncc(C(F)(F)F)c(OCC(C)C)n1. The van der Waals surface area contributed by atoms with E-state index in [4.69, 9.17) is 10.00 Å². The molecule has 0 saturated heterocycles. The molecule has 0 bridgehead atoms. The number of aromatic nitrogens is 2. The molecule has 2 aromatic rings. The van der Waals surface area contributed by atoms with Gasteiger partial charge in [0.05, 0.1) is 18.2 Å². The molecule has 0 aliphatic heterocycles. The second kappa shape index (κ2) is 8.04. The van der Waals surface area contributed by atoms with E-state index in [9.17, 15) is 13.2 Å². The van der Waals surface area contributed by atoms with Crippen molar-refractivity contribution in [3.63, 3.8) is 0 Å². The second-order valence-electron chi connectivity index (χ2n) is 5.99. The minimum absolute atomic E-state index is 0.0512. The Balaban J connectivity index is 2.43. The van der Waals surface area contributed by atoms with Gasteiger partial charge >= 0.3 is 6.18 Å². The predicted octanol–water partition coefficient (Wildman–Crippen LogP) is 4.56. The van der Waals surface area contributed by atoms with E-state index in [1.54, 1.807) is 29.2 Å². The average Bonchev–Trinajstić information content (AvgIpc) is 2.60. The first-order chi connectivity index (χ1) is 12.3. The van der Waals surface area contributed by atoms with Crippen LogP contribution in [-0.4, -0.2) is 23.1 Å². The Kier molecular flexibility index (Phi) is 6.03. The molecule has 0 fully saturated rings. The van der Waals surface area contributed by atoms with E-state index in [1.807, 2.05) is 26.8 Å². The summed E-state index contributed by atoms with van der Waals surface area (Å²) < 4.78 is 44.9. The molecule has 1 heterocycles. The molecule has 1 aromatic carbocycles. The van der Waals surface area contributed by atoms with Crippen LogP contribution < -0.4 is 9.64 Å². The normalized spacial score (nSPS) is 11.3. The molecule has 26 heavy (non-hydrogen) atoms. The molecule has 0 aliphatic rings. The average molecular weight is 364 g/mol. The number of alkyl halides is 3. The third-order valence-electron chi connectivity index (χ3n) is 3.47. The van der Waals surface area contributed by atoms with Crippen LogP contribution in [0.25, 0.3) is 0 Å². The first-order valence-corrected chi connectivity index (χ1v) is 8.11. The highest BCUT2D eigenvalue weighted by atomic mass is 19.4. The van der Waals surface area contributed by atoms with Gasteiger partial charge in [0.25, 0.3) is 0 Å². The summed E-state index contributed by atoms with van der Waals surface area (Å²) >= 11 is 0. The fourth-order valence-corrected chi connectivity index (χ4v) is 2.19. The second-order valence-corrected chi connectivity index (χ2v) is 5.99. The van der Waals surface area contributed by atoms with Crippen molar-refractivity contribution in [1.82, 2.24) is 9.97 Å². The molecule has 0 aliphatic carbocycles. The largest absolute Gasteiger partial charge is 0.477 e. The summed E-state index contributed by atoms with van der Waals surface area (Å²) in [4.78, 5) is 9.52. The first-order valence-electron chi connectivity index (χ1n) is 8.11. The highest BCUT2D eigenvalue weighted by Gasteiger charge is 2.36. The van der Waals surface area contributed by atoms with Crippen molar-refractivity contribution in [2.45, 2.75) is 26.9 Å². The Labute approximate surface area is 150 Å². The zero-order valence-corrected chi connectivity index (χ0v) is 14.7. The van der Waals surface area contributed by atoms with Crippen molar-refractivity contribution in [2.75, 3.05) is 18.1 Å². The number of ether oxygens (including phenoxy) is 1. The lowest BCUT2D eigenvalue weighted by molar-refractivity contribution is -0.139. The molecular weight excluding hydrogens is 345 g/mol. The maximum atomic E-state index is 13.2. The van der Waals surface area contributed by atoms with Gasteiger partial charge < -0.3 is 9.64 Å². The maximum absolute atomic E-state index is 13.2. The van der Waals surface area contributed by atoms with E-state index < -0.39 is 17.6 Å². The van der Waals surface area contributed by atoms with Gasteiger partial charge in [-0.15, -0.1) is 0 Å². The Morgan fingerprint density at radius 1 is 1.23 bits per heavy atom. The first kappa shape index (κ1) is 19.5. The quantitative estimate of drug-likeness (QED) is 0.752. The summed E-state index contributed by atoms with van der Waals surface area (Å²) in [7, 11) is 0. The number of nitrogens with zero attached hydrogens (tertiary/aromatic N) is 4. The van der Waals surface area contributed by atoms with Crippen LogP contribution in [-0.2, 0) is 6.18 Å². The molecule has 138 valence electrons. The monoisotopic (exact) mass is 364 g/mol. The van der Waals surface area contributed by atoms with Crippen LogP contribution in [0.3, 0.4) is 0 Å². The number of anilines is 2. The van der Waals surface area contributed by atoms with E-state index in [0.29, 0.717) is 17.8 Å². The molecule has 0 saturated carbocycles. The van der Waals surface area contributed by atoms with E-state index in [2.05, 4.69) is 9.97 Å². The lowest BCUT2D eigenvalue weighted by Gasteiger charge is -2.22. The molecular formula is C18H19F3N4O. The summed E-state index contributed by atoms with van der Waals surface area (Å²) in [5.74, 6) is -0.331. The van der Waals surface area contributed by atoms with Crippen molar-refractivity contribution in [3.8, 4) is 11.9 Å². The van der Waals surface area contributed by atoms with Crippen LogP contribution in [0.15, 0.2) is 30.5 Å². The number of halogens is 3. The minimum atomic E-state index is -4.60. The molecule has 0 spiro atoms. The smallest absolute Gasteiger partial charge is 0.423 e. The standard InChI is InChI=1S/C18H19F3N4O/c1-4-25(14-7-5-13(9-22)6-8-14)17-23-10-15(18(19,20)21)16(24-17)26-11-12(2)3/h5-8,10,12H,4,11H2,1-3H3. The molecule has 1 aromatic heterocycles. The van der Waals surface area contributed by atoms with Gasteiger partial charge in [0.2, 0.25) is 11.8 Å². The van der Waals surface area contributed by atoms with Gasteiger partial charge in [-0.25, -0.2) is 4.98 Å². The number of hydrogen-bond donors (Lipinski definition) is 0. The number of benzene rings is 1. The maximum Gasteiger partial charge on any atom is 0.423 e. The Hall–Kier alpha value is -2.82. The summed E-state index contributed by atoms with van der Waals surface area (Å²) in [6, 6.07) is 8.65. The molecule has 2 rings (SSSR count). The highest BCUT2D eigenvalue weighted by molar-refractivity contribution is 5.59. The van der Waals surface area contributed by atoms with Crippen molar-refractivity contribution < 1.29 is 17.9 Å². The van der Waals surface area contributed by atoms with Crippen molar-refractivity contribution in [1.29, 1.82) is 5.26 Å². The zero-order valence-electron chi connectivity index (χ0n) is 14.7. The van der Waals surface area contributed by atoms with Gasteiger partial charge in [0.15, 0.2) is 0 Å². The summed E-state index contributed by atoms with van der Waals surface area (Å²) in [6.45, 7) is 6.05. The topological polar surface area (TPSA) is 62.0 Å². The molecule has 0 amide bonds. The number of hydrogen-bond acceptors (Lipinski definition) is 5. The van der Waals surface area contributed by atoms with Crippen LogP contribution in [0.5, 0.6) is 5.88 Å². The van der Waals surface area contributed by atoms with Gasteiger partial charge in [0.1, 0.15) is 5.56 Å². The van der Waals surface area contributed by atoms with Crippen LogP contribution in [0.2, 0.25) is 0 Å². The van der Waals surface area contributed by atoms with Crippen LogP contribution in [0, 0.1) is 17.2 Å². The Morgan fingerprint density at radius 3 is 2.38 bits per heavy atom.